The summed E-state index contributed by atoms with van der Waals surface area (Å²) in [5.41, 5.74) is -0.954. The molecule has 0 spiro atoms. The maximum Gasteiger partial charge on any atom is 0.408 e. The number of hydrogen-bond acceptors (Lipinski definition) is 3. The van der Waals surface area contributed by atoms with E-state index >= 15 is 0 Å². The zero-order chi connectivity index (χ0) is 16.5. The summed E-state index contributed by atoms with van der Waals surface area (Å²) in [6.07, 6.45) is -0.0662. The van der Waals surface area contributed by atoms with Crippen LogP contribution in [0.3, 0.4) is 0 Å². The van der Waals surface area contributed by atoms with Gasteiger partial charge in [-0.1, -0.05) is 23.7 Å². The van der Waals surface area contributed by atoms with Gasteiger partial charge in [0, 0.05) is 5.02 Å². The maximum atomic E-state index is 11.9. The van der Waals surface area contributed by atoms with Crippen LogP contribution in [0.2, 0.25) is 5.02 Å². The monoisotopic (exact) mass is 325 g/mol. The van der Waals surface area contributed by atoms with E-state index < -0.39 is 23.2 Å². The topological polar surface area (TPSA) is 75.6 Å². The lowest BCUT2D eigenvalue weighted by atomic mass is 9.65. The predicted molar refractivity (Wildman–Crippen MR) is 83.2 cm³/mol. The van der Waals surface area contributed by atoms with Crippen LogP contribution in [0.1, 0.15) is 45.1 Å². The number of ether oxygens (including phenoxy) is 1. The van der Waals surface area contributed by atoms with E-state index in [1.54, 1.807) is 26.8 Å². The Bertz CT molecular complexity index is 588. The highest BCUT2D eigenvalue weighted by Gasteiger charge is 2.52. The first kappa shape index (κ1) is 16.6. The van der Waals surface area contributed by atoms with E-state index in [2.05, 4.69) is 5.32 Å². The minimum atomic E-state index is -1.27. The molecule has 0 aromatic heterocycles. The van der Waals surface area contributed by atoms with Crippen molar-refractivity contribution in [2.75, 3.05) is 0 Å². The van der Waals surface area contributed by atoms with Crippen LogP contribution < -0.4 is 5.32 Å². The van der Waals surface area contributed by atoms with E-state index in [1.807, 2.05) is 18.2 Å². The Morgan fingerprint density at radius 1 is 1.36 bits per heavy atom. The zero-order valence-electron chi connectivity index (χ0n) is 12.9. The first-order valence-corrected chi connectivity index (χ1v) is 7.49. The third-order valence-electron chi connectivity index (χ3n) is 3.66. The highest BCUT2D eigenvalue weighted by atomic mass is 35.5. The normalized spacial score (nSPS) is 24.3. The van der Waals surface area contributed by atoms with E-state index in [1.165, 1.54) is 0 Å². The molecule has 1 aliphatic carbocycles. The minimum absolute atomic E-state index is 0.0599. The Morgan fingerprint density at radius 2 is 2.00 bits per heavy atom. The number of nitrogens with one attached hydrogen (secondary N) is 1. The summed E-state index contributed by atoms with van der Waals surface area (Å²) in [5.74, 6) is -0.985. The number of halogens is 1. The van der Waals surface area contributed by atoms with Crippen molar-refractivity contribution in [2.45, 2.75) is 50.7 Å². The van der Waals surface area contributed by atoms with Gasteiger partial charge in [-0.15, -0.1) is 0 Å². The number of carbonyl (C=O) groups is 2. The molecule has 6 heteroatoms. The third-order valence-corrected chi connectivity index (χ3v) is 3.89. The molecule has 1 saturated carbocycles. The molecule has 0 bridgehead atoms. The number of amides is 1. The van der Waals surface area contributed by atoms with Gasteiger partial charge in [0.15, 0.2) is 0 Å². The van der Waals surface area contributed by atoms with Crippen LogP contribution >= 0.6 is 11.6 Å². The molecule has 0 aliphatic heterocycles. The molecule has 1 aliphatic rings. The number of hydrogen-bond donors (Lipinski definition) is 2. The molecule has 120 valence electrons. The summed E-state index contributed by atoms with van der Waals surface area (Å²) in [6, 6.07) is 7.34. The number of rotatable bonds is 3. The Kier molecular flexibility index (Phi) is 4.38. The number of benzene rings is 1. The van der Waals surface area contributed by atoms with Gasteiger partial charge in [0.05, 0.1) is 0 Å². The zero-order valence-corrected chi connectivity index (χ0v) is 13.6. The summed E-state index contributed by atoms with van der Waals surface area (Å²) in [4.78, 5) is 23.4. The molecule has 2 N–H and O–H groups in total. The quantitative estimate of drug-likeness (QED) is 0.890. The Hall–Kier alpha value is -1.75. The SMILES string of the molecule is CC(C)(C)OC(=O)NC1(C(=O)O)CC(c2cccc(Cl)c2)C1. The van der Waals surface area contributed by atoms with Crippen molar-refractivity contribution in [3.8, 4) is 0 Å². The average Bonchev–Trinajstić information content (AvgIpc) is 2.30. The molecule has 0 saturated heterocycles. The molecule has 0 unspecified atom stereocenters. The van der Waals surface area contributed by atoms with Gasteiger partial charge >= 0.3 is 12.1 Å². The number of carboxylic acid groups (broad SMARTS) is 1. The van der Waals surface area contributed by atoms with Crippen molar-refractivity contribution in [1.82, 2.24) is 5.32 Å². The van der Waals surface area contributed by atoms with Gasteiger partial charge in [-0.05, 0) is 57.2 Å². The van der Waals surface area contributed by atoms with E-state index in [9.17, 15) is 14.7 Å². The highest BCUT2D eigenvalue weighted by molar-refractivity contribution is 6.30. The van der Waals surface area contributed by atoms with Crippen molar-refractivity contribution in [1.29, 1.82) is 0 Å². The maximum absolute atomic E-state index is 11.9. The molecule has 0 radical (unpaired) electrons. The van der Waals surface area contributed by atoms with Crippen LogP contribution in [0.15, 0.2) is 24.3 Å². The van der Waals surface area contributed by atoms with E-state index in [0.717, 1.165) is 5.56 Å². The molecule has 0 atom stereocenters. The van der Waals surface area contributed by atoms with Crippen LogP contribution in [-0.2, 0) is 9.53 Å². The summed E-state index contributed by atoms with van der Waals surface area (Å²) in [5, 5.41) is 12.6. The van der Waals surface area contributed by atoms with Crippen LogP contribution in [0, 0.1) is 0 Å². The van der Waals surface area contributed by atoms with Crippen LogP contribution in [-0.4, -0.2) is 28.3 Å². The summed E-state index contributed by atoms with van der Waals surface area (Å²) in [6.45, 7) is 5.20. The molecule has 5 nitrogen and oxygen atoms in total. The molecule has 1 aromatic rings. The number of alkyl carbamates (subject to hydrolysis) is 1. The standard InChI is InChI=1S/C16H20ClNO4/c1-15(2,3)22-14(21)18-16(13(19)20)8-11(9-16)10-5-4-6-12(17)7-10/h4-7,11H,8-9H2,1-3H3,(H,18,21)(H,19,20). The fraction of sp³-hybridized carbons (Fsp3) is 0.500. The van der Waals surface area contributed by atoms with Gasteiger partial charge in [-0.25, -0.2) is 9.59 Å². The number of carbonyl (C=O) groups excluding carboxylic acids is 1. The molecule has 1 fully saturated rings. The van der Waals surface area contributed by atoms with Crippen molar-refractivity contribution in [2.24, 2.45) is 0 Å². The summed E-state index contributed by atoms with van der Waals surface area (Å²) in [7, 11) is 0. The van der Waals surface area contributed by atoms with Crippen molar-refractivity contribution in [3.05, 3.63) is 34.9 Å². The lowest BCUT2D eigenvalue weighted by Gasteiger charge is -2.45. The van der Waals surface area contributed by atoms with E-state index in [-0.39, 0.29) is 5.92 Å². The second-order valence-electron chi connectivity index (χ2n) is 6.67. The fourth-order valence-corrected chi connectivity index (χ4v) is 2.81. The number of aliphatic carboxylic acids is 1. The van der Waals surface area contributed by atoms with Gasteiger partial charge in [0.1, 0.15) is 11.1 Å². The second-order valence-corrected chi connectivity index (χ2v) is 7.11. The highest BCUT2D eigenvalue weighted by Crippen LogP contribution is 2.45. The summed E-state index contributed by atoms with van der Waals surface area (Å²) >= 11 is 5.95. The second kappa shape index (κ2) is 5.80. The Labute approximate surface area is 134 Å². The lowest BCUT2D eigenvalue weighted by molar-refractivity contribution is -0.149. The molecular formula is C16H20ClNO4. The van der Waals surface area contributed by atoms with Gasteiger partial charge in [-0.3, -0.25) is 0 Å². The molecule has 22 heavy (non-hydrogen) atoms. The van der Waals surface area contributed by atoms with Crippen molar-refractivity contribution >= 4 is 23.7 Å². The Balaban J connectivity index is 2.05. The molecule has 2 rings (SSSR count). The molecular weight excluding hydrogens is 306 g/mol. The van der Waals surface area contributed by atoms with Gasteiger partial charge < -0.3 is 15.2 Å². The molecule has 0 heterocycles. The smallest absolute Gasteiger partial charge is 0.408 e. The first-order valence-electron chi connectivity index (χ1n) is 7.11. The van der Waals surface area contributed by atoms with E-state index in [0.29, 0.717) is 17.9 Å². The molecule has 1 amide bonds. The first-order chi connectivity index (χ1) is 10.1. The van der Waals surface area contributed by atoms with Gasteiger partial charge in [0.25, 0.3) is 0 Å². The van der Waals surface area contributed by atoms with E-state index in [4.69, 9.17) is 16.3 Å². The van der Waals surface area contributed by atoms with Crippen molar-refractivity contribution in [3.63, 3.8) is 0 Å². The molecule has 1 aromatic carbocycles. The Morgan fingerprint density at radius 3 is 2.50 bits per heavy atom. The minimum Gasteiger partial charge on any atom is -0.480 e. The fourth-order valence-electron chi connectivity index (χ4n) is 2.61. The van der Waals surface area contributed by atoms with Crippen LogP contribution in [0.5, 0.6) is 0 Å². The average molecular weight is 326 g/mol. The van der Waals surface area contributed by atoms with Gasteiger partial charge in [-0.2, -0.15) is 0 Å². The lowest BCUT2D eigenvalue weighted by Crippen LogP contribution is -2.62. The third kappa shape index (κ3) is 3.71. The number of carboxylic acids is 1. The van der Waals surface area contributed by atoms with Crippen molar-refractivity contribution < 1.29 is 19.4 Å². The van der Waals surface area contributed by atoms with Gasteiger partial charge in [0.2, 0.25) is 0 Å². The largest absolute Gasteiger partial charge is 0.480 e. The van der Waals surface area contributed by atoms with Crippen LogP contribution in [0.25, 0.3) is 0 Å². The van der Waals surface area contributed by atoms with Crippen LogP contribution in [0.4, 0.5) is 4.79 Å². The summed E-state index contributed by atoms with van der Waals surface area (Å²) < 4.78 is 5.14. The predicted octanol–water partition coefficient (Wildman–Crippen LogP) is 3.57.